The first-order valence-corrected chi connectivity index (χ1v) is 7.00. The molecule has 0 amide bonds. The summed E-state index contributed by atoms with van der Waals surface area (Å²) in [7, 11) is 0. The summed E-state index contributed by atoms with van der Waals surface area (Å²) < 4.78 is 237. The van der Waals surface area contributed by atoms with Gasteiger partial charge in [-0.05, 0) is 13.8 Å². The molecule has 4 unspecified atom stereocenters. The van der Waals surface area contributed by atoms with Crippen LogP contribution >= 0.6 is 0 Å². The fraction of sp³-hybridized carbons (Fsp3) is 1.00. The molecule has 0 saturated carbocycles. The van der Waals surface area contributed by atoms with E-state index in [0.29, 0.717) is 0 Å². The van der Waals surface area contributed by atoms with Crippen LogP contribution in [0.3, 0.4) is 0 Å². The Morgan fingerprint density at radius 2 is 0.613 bits per heavy atom. The van der Waals surface area contributed by atoms with E-state index in [1.165, 1.54) is 0 Å². The largest absolute Gasteiger partial charge is 0.449 e. The topological polar surface area (TPSA) is 9.23 Å². The van der Waals surface area contributed by atoms with Crippen LogP contribution in [0.15, 0.2) is 0 Å². The standard InChI is InChI=1S/C12H8F18O/c1-5(3(13)14,9(19,20)21)7(17,11(25,26)27)31-8(18,12(28,29)30)6(2,4(15)16)10(22,23)24/h3-4H,1-2H3. The van der Waals surface area contributed by atoms with Crippen LogP contribution in [0.2, 0.25) is 0 Å². The van der Waals surface area contributed by atoms with Gasteiger partial charge in [0.1, 0.15) is 0 Å². The summed E-state index contributed by atoms with van der Waals surface area (Å²) in [6.07, 6.45) is -41.6. The third-order valence-electron chi connectivity index (χ3n) is 4.40. The third kappa shape index (κ3) is 4.09. The molecule has 0 bridgehead atoms. The minimum Gasteiger partial charge on any atom is -0.292 e. The van der Waals surface area contributed by atoms with Crippen LogP contribution in [0.4, 0.5) is 79.0 Å². The molecule has 0 N–H and O–H groups in total. The Hall–Kier alpha value is -1.30. The van der Waals surface area contributed by atoms with Gasteiger partial charge < -0.3 is 0 Å². The van der Waals surface area contributed by atoms with Crippen molar-refractivity contribution in [2.75, 3.05) is 0 Å². The van der Waals surface area contributed by atoms with E-state index in [9.17, 15) is 79.0 Å². The van der Waals surface area contributed by atoms with Crippen LogP contribution in [-0.2, 0) is 4.74 Å². The lowest BCUT2D eigenvalue weighted by Crippen LogP contribution is -2.73. The van der Waals surface area contributed by atoms with E-state index in [0.717, 1.165) is 0 Å². The van der Waals surface area contributed by atoms with E-state index in [2.05, 4.69) is 0 Å². The van der Waals surface area contributed by atoms with Crippen molar-refractivity contribution >= 4 is 0 Å². The average Bonchev–Trinajstić information content (AvgIpc) is 2.47. The van der Waals surface area contributed by atoms with Crippen LogP contribution < -0.4 is 0 Å². The number of alkyl halides is 18. The van der Waals surface area contributed by atoms with Gasteiger partial charge in [-0.15, -0.1) is 0 Å². The maximum absolute atomic E-state index is 14.4. The summed E-state index contributed by atoms with van der Waals surface area (Å²) in [5.41, 5.74) is -13.0. The van der Waals surface area contributed by atoms with E-state index >= 15 is 0 Å². The SMILES string of the molecule is CC(C(F)F)(C(F)(F)F)C(F)(OC(F)(C(F)(F)F)C(C)(C(F)F)C(F)(F)F)C(F)(F)F. The maximum atomic E-state index is 14.4. The van der Waals surface area contributed by atoms with Crippen LogP contribution in [0.1, 0.15) is 13.8 Å². The first kappa shape index (κ1) is 29.7. The minimum atomic E-state index is -7.76. The first-order chi connectivity index (χ1) is 13.1. The smallest absolute Gasteiger partial charge is 0.292 e. The Labute approximate surface area is 159 Å². The van der Waals surface area contributed by atoms with Crippen molar-refractivity contribution in [3.63, 3.8) is 0 Å². The first-order valence-electron chi connectivity index (χ1n) is 7.00. The summed E-state index contributed by atoms with van der Waals surface area (Å²) in [6.45, 7) is -2.98. The molecule has 0 aromatic carbocycles. The zero-order valence-electron chi connectivity index (χ0n) is 14.4. The lowest BCUT2D eigenvalue weighted by atomic mass is 9.77. The normalized spacial score (nSPS) is 22.6. The fourth-order valence-corrected chi connectivity index (χ4v) is 2.00. The zero-order valence-corrected chi connectivity index (χ0v) is 14.4. The van der Waals surface area contributed by atoms with Gasteiger partial charge in [0, 0.05) is 0 Å². The molecule has 0 spiro atoms. The van der Waals surface area contributed by atoms with Gasteiger partial charge in [0.25, 0.3) is 12.9 Å². The molecule has 31 heavy (non-hydrogen) atoms. The van der Waals surface area contributed by atoms with Crippen LogP contribution in [-0.4, -0.2) is 49.3 Å². The quantitative estimate of drug-likeness (QED) is 0.346. The number of hydrogen-bond donors (Lipinski definition) is 0. The van der Waals surface area contributed by atoms with Crippen molar-refractivity contribution in [2.45, 2.75) is 63.1 Å². The molecule has 0 fully saturated rings. The second-order valence-corrected chi connectivity index (χ2v) is 6.29. The molecule has 0 heterocycles. The molecule has 0 saturated heterocycles. The lowest BCUT2D eigenvalue weighted by Gasteiger charge is -2.50. The van der Waals surface area contributed by atoms with E-state index in [4.69, 9.17) is 0 Å². The highest BCUT2D eigenvalue weighted by Gasteiger charge is 2.88. The number of rotatable bonds is 6. The Morgan fingerprint density at radius 3 is 0.710 bits per heavy atom. The van der Waals surface area contributed by atoms with E-state index in [1.807, 2.05) is 4.74 Å². The monoisotopic (exact) mass is 510 g/mol. The van der Waals surface area contributed by atoms with Gasteiger partial charge >= 0.3 is 36.4 Å². The molecule has 0 rings (SSSR count). The summed E-state index contributed by atoms with van der Waals surface area (Å²) in [4.78, 5) is 0. The molecule has 4 atom stereocenters. The molecule has 1 nitrogen and oxygen atoms in total. The Kier molecular flexibility index (Phi) is 7.32. The molecule has 0 aliphatic rings. The molecule has 0 aromatic rings. The van der Waals surface area contributed by atoms with Gasteiger partial charge in [0.2, 0.25) is 0 Å². The van der Waals surface area contributed by atoms with Crippen molar-refractivity contribution < 1.29 is 83.8 Å². The Morgan fingerprint density at radius 1 is 0.419 bits per heavy atom. The van der Waals surface area contributed by atoms with Gasteiger partial charge in [-0.25, -0.2) is 26.3 Å². The van der Waals surface area contributed by atoms with Crippen molar-refractivity contribution in [3.8, 4) is 0 Å². The molecule has 0 aliphatic carbocycles. The second kappa shape index (κ2) is 7.64. The number of ether oxygens (including phenoxy) is 1. The minimum absolute atomic E-state index is 1.49. The molecule has 0 radical (unpaired) electrons. The predicted molar refractivity (Wildman–Crippen MR) is 61.2 cm³/mol. The van der Waals surface area contributed by atoms with E-state index in [-0.39, 0.29) is 0 Å². The third-order valence-corrected chi connectivity index (χ3v) is 4.40. The summed E-state index contributed by atoms with van der Waals surface area (Å²) in [5.74, 6) is -15.3. The van der Waals surface area contributed by atoms with Gasteiger partial charge in [-0.1, -0.05) is 0 Å². The van der Waals surface area contributed by atoms with Crippen LogP contribution in [0.25, 0.3) is 0 Å². The van der Waals surface area contributed by atoms with E-state index < -0.39 is 73.9 Å². The summed E-state index contributed by atoms with van der Waals surface area (Å²) >= 11 is 0. The van der Waals surface area contributed by atoms with Crippen LogP contribution in [0.5, 0.6) is 0 Å². The molecular formula is C12H8F18O. The second-order valence-electron chi connectivity index (χ2n) is 6.29. The van der Waals surface area contributed by atoms with Gasteiger partial charge in [0.15, 0.2) is 10.8 Å². The van der Waals surface area contributed by atoms with Crippen molar-refractivity contribution in [3.05, 3.63) is 0 Å². The Bertz CT molecular complexity index is 575. The van der Waals surface area contributed by atoms with Crippen molar-refractivity contribution in [1.82, 2.24) is 0 Å². The highest BCUT2D eigenvalue weighted by molar-refractivity contribution is 5.08. The lowest BCUT2D eigenvalue weighted by molar-refractivity contribution is -0.524. The number of halogens is 18. The van der Waals surface area contributed by atoms with Crippen LogP contribution in [0, 0.1) is 10.8 Å². The highest BCUT2D eigenvalue weighted by atomic mass is 19.4. The summed E-state index contributed by atoms with van der Waals surface area (Å²) in [6, 6.07) is 0. The maximum Gasteiger partial charge on any atom is 0.449 e. The zero-order chi connectivity index (χ0) is 25.9. The molecule has 188 valence electrons. The Balaban J connectivity index is 7.52. The van der Waals surface area contributed by atoms with Gasteiger partial charge in [0.05, 0.1) is 0 Å². The van der Waals surface area contributed by atoms with Crippen molar-refractivity contribution in [1.29, 1.82) is 0 Å². The summed E-state index contributed by atoms with van der Waals surface area (Å²) in [5, 5.41) is 0. The number of hydrogen-bond acceptors (Lipinski definition) is 1. The van der Waals surface area contributed by atoms with E-state index in [1.54, 1.807) is 0 Å². The van der Waals surface area contributed by atoms with Crippen molar-refractivity contribution in [2.24, 2.45) is 10.8 Å². The van der Waals surface area contributed by atoms with Gasteiger partial charge in [-0.3, -0.25) is 4.74 Å². The molecule has 0 aromatic heterocycles. The molecule has 19 heteroatoms. The molecule has 0 aliphatic heterocycles. The highest BCUT2D eigenvalue weighted by Crippen LogP contribution is 2.65. The fourth-order valence-electron chi connectivity index (χ4n) is 2.00. The molecular weight excluding hydrogens is 502 g/mol. The average molecular weight is 510 g/mol. The predicted octanol–water partition coefficient (Wildman–Crippen LogP) is 7.13. The van der Waals surface area contributed by atoms with Gasteiger partial charge in [-0.2, -0.15) is 52.7 Å².